The van der Waals surface area contributed by atoms with Gasteiger partial charge in [-0.25, -0.2) is 0 Å². The second-order valence-corrected chi connectivity index (χ2v) is 6.93. The summed E-state index contributed by atoms with van der Waals surface area (Å²) in [7, 11) is 0. The molecule has 2 aliphatic rings. The Morgan fingerprint density at radius 1 is 1.29 bits per heavy atom. The minimum Gasteiger partial charge on any atom is -0.382 e. The zero-order valence-corrected chi connectivity index (χ0v) is 14.1. The molecule has 2 aromatic heterocycles. The zero-order chi connectivity index (χ0) is 16.5. The number of fused-ring (bicyclic) bond motifs is 1. The van der Waals surface area contributed by atoms with Gasteiger partial charge in [0.25, 0.3) is 0 Å². The van der Waals surface area contributed by atoms with Gasteiger partial charge in [0, 0.05) is 25.6 Å². The number of anilines is 1. The molecule has 0 spiro atoms. The monoisotopic (exact) mass is 328 g/mol. The van der Waals surface area contributed by atoms with Gasteiger partial charge in [-0.1, -0.05) is 6.92 Å². The lowest BCUT2D eigenvalue weighted by molar-refractivity contribution is -0.133. The normalized spacial score (nSPS) is 19.0. The summed E-state index contributed by atoms with van der Waals surface area (Å²) in [6.45, 7) is 4.80. The van der Waals surface area contributed by atoms with Crippen LogP contribution in [0.25, 0.3) is 5.65 Å². The number of nitrogens with zero attached hydrogens (tertiary/aromatic N) is 5. The predicted octanol–water partition coefficient (Wildman–Crippen LogP) is 1.75. The Balaban J connectivity index is 1.36. The van der Waals surface area contributed by atoms with E-state index in [1.54, 1.807) is 10.8 Å². The zero-order valence-electron chi connectivity index (χ0n) is 14.1. The Hall–Kier alpha value is -2.18. The first-order valence-corrected chi connectivity index (χ1v) is 8.97. The van der Waals surface area contributed by atoms with E-state index in [4.69, 9.17) is 0 Å². The molecule has 1 saturated heterocycles. The van der Waals surface area contributed by atoms with Crippen molar-refractivity contribution in [3.05, 3.63) is 18.1 Å². The van der Waals surface area contributed by atoms with Crippen LogP contribution in [0.5, 0.6) is 0 Å². The highest BCUT2D eigenvalue weighted by Gasteiger charge is 2.34. The van der Waals surface area contributed by atoms with Crippen molar-refractivity contribution in [3.8, 4) is 0 Å². The molecule has 3 heterocycles. The topological polar surface area (TPSA) is 75.4 Å². The second-order valence-electron chi connectivity index (χ2n) is 6.93. The molecule has 7 nitrogen and oxygen atoms in total. The number of hydrogen-bond acceptors (Lipinski definition) is 5. The van der Waals surface area contributed by atoms with Crippen LogP contribution in [0.4, 0.5) is 5.69 Å². The lowest BCUT2D eigenvalue weighted by Crippen LogP contribution is -2.40. The number of carbonyl (C=O) groups is 1. The molecule has 2 aromatic rings. The molecule has 2 fully saturated rings. The maximum Gasteiger partial charge on any atom is 0.225 e. The molecular weight excluding hydrogens is 304 g/mol. The third kappa shape index (κ3) is 3.07. The Morgan fingerprint density at radius 3 is 2.79 bits per heavy atom. The Kier molecular flexibility index (Phi) is 4.08. The number of amides is 1. The molecule has 1 saturated carbocycles. The van der Waals surface area contributed by atoms with Crippen LogP contribution in [0.3, 0.4) is 0 Å². The third-order valence-corrected chi connectivity index (χ3v) is 5.11. The summed E-state index contributed by atoms with van der Waals surface area (Å²) in [5.74, 6) is 1.31. The number of nitrogens with one attached hydrogen (secondary N) is 1. The van der Waals surface area contributed by atoms with E-state index < -0.39 is 0 Å². The van der Waals surface area contributed by atoms with E-state index >= 15 is 0 Å². The number of aromatic nitrogens is 4. The Morgan fingerprint density at radius 2 is 2.08 bits per heavy atom. The van der Waals surface area contributed by atoms with Crippen LogP contribution in [-0.4, -0.2) is 50.3 Å². The molecule has 4 rings (SSSR count). The molecule has 1 aliphatic carbocycles. The van der Waals surface area contributed by atoms with E-state index in [0.29, 0.717) is 17.7 Å². The maximum atomic E-state index is 12.1. The molecule has 128 valence electrons. The van der Waals surface area contributed by atoms with Crippen LogP contribution >= 0.6 is 0 Å². The molecule has 7 heteroatoms. The molecular formula is C17H24N6O. The minimum absolute atomic E-state index is 0.338. The van der Waals surface area contributed by atoms with Crippen LogP contribution in [0, 0.1) is 11.8 Å². The first kappa shape index (κ1) is 15.4. The van der Waals surface area contributed by atoms with Gasteiger partial charge in [-0.15, -0.1) is 10.2 Å². The average molecular weight is 328 g/mol. The molecule has 24 heavy (non-hydrogen) atoms. The maximum absolute atomic E-state index is 12.1. The molecule has 0 radical (unpaired) electrons. The quantitative estimate of drug-likeness (QED) is 0.905. The van der Waals surface area contributed by atoms with E-state index in [1.165, 1.54) is 0 Å². The molecule has 0 atom stereocenters. The summed E-state index contributed by atoms with van der Waals surface area (Å²) in [6, 6.07) is 2.07. The van der Waals surface area contributed by atoms with Gasteiger partial charge < -0.3 is 10.2 Å². The van der Waals surface area contributed by atoms with Crippen molar-refractivity contribution in [1.82, 2.24) is 24.7 Å². The van der Waals surface area contributed by atoms with Crippen molar-refractivity contribution in [2.24, 2.45) is 11.8 Å². The van der Waals surface area contributed by atoms with Gasteiger partial charge in [-0.2, -0.15) is 9.61 Å². The van der Waals surface area contributed by atoms with Crippen molar-refractivity contribution in [2.45, 2.75) is 39.0 Å². The molecule has 1 N–H and O–H groups in total. The highest BCUT2D eigenvalue weighted by molar-refractivity contribution is 5.81. The van der Waals surface area contributed by atoms with Crippen molar-refractivity contribution >= 4 is 17.2 Å². The lowest BCUT2D eigenvalue weighted by Gasteiger charge is -2.32. The van der Waals surface area contributed by atoms with E-state index in [-0.39, 0.29) is 0 Å². The predicted molar refractivity (Wildman–Crippen MR) is 90.7 cm³/mol. The molecule has 1 aliphatic heterocycles. The third-order valence-electron chi connectivity index (χ3n) is 5.11. The van der Waals surface area contributed by atoms with Gasteiger partial charge in [0.15, 0.2) is 0 Å². The number of piperidine rings is 1. The van der Waals surface area contributed by atoms with Crippen LogP contribution in [0.1, 0.15) is 38.3 Å². The van der Waals surface area contributed by atoms with E-state index in [2.05, 4.69) is 38.5 Å². The van der Waals surface area contributed by atoms with Crippen LogP contribution in [-0.2, 0) is 11.2 Å². The van der Waals surface area contributed by atoms with Gasteiger partial charge in [0.1, 0.15) is 6.33 Å². The van der Waals surface area contributed by atoms with Crippen LogP contribution in [0.2, 0.25) is 0 Å². The fourth-order valence-electron chi connectivity index (χ4n) is 3.38. The van der Waals surface area contributed by atoms with Gasteiger partial charge in [0.05, 0.1) is 11.4 Å². The van der Waals surface area contributed by atoms with Gasteiger partial charge in [-0.3, -0.25) is 4.79 Å². The Bertz CT molecular complexity index is 730. The second kappa shape index (κ2) is 6.37. The summed E-state index contributed by atoms with van der Waals surface area (Å²) < 4.78 is 1.73. The van der Waals surface area contributed by atoms with E-state index in [0.717, 1.165) is 68.8 Å². The van der Waals surface area contributed by atoms with E-state index in [1.807, 2.05) is 0 Å². The number of hydrogen-bond donors (Lipinski definition) is 1. The first-order chi connectivity index (χ1) is 11.7. The molecule has 0 bridgehead atoms. The van der Waals surface area contributed by atoms with Gasteiger partial charge in [0.2, 0.25) is 11.6 Å². The van der Waals surface area contributed by atoms with E-state index in [9.17, 15) is 4.79 Å². The fourth-order valence-corrected chi connectivity index (χ4v) is 3.38. The van der Waals surface area contributed by atoms with Crippen molar-refractivity contribution in [2.75, 3.05) is 25.0 Å². The summed E-state index contributed by atoms with van der Waals surface area (Å²) in [4.78, 5) is 14.2. The summed E-state index contributed by atoms with van der Waals surface area (Å²) in [5.41, 5.74) is 2.79. The van der Waals surface area contributed by atoms with Crippen molar-refractivity contribution < 1.29 is 4.79 Å². The van der Waals surface area contributed by atoms with Crippen molar-refractivity contribution in [3.63, 3.8) is 0 Å². The van der Waals surface area contributed by atoms with Gasteiger partial charge in [-0.05, 0) is 44.1 Å². The molecule has 0 unspecified atom stereocenters. The summed E-state index contributed by atoms with van der Waals surface area (Å²) >= 11 is 0. The minimum atomic E-state index is 0.338. The first-order valence-electron chi connectivity index (χ1n) is 8.97. The van der Waals surface area contributed by atoms with Crippen molar-refractivity contribution in [1.29, 1.82) is 0 Å². The molecule has 1 amide bonds. The Labute approximate surface area is 141 Å². The smallest absolute Gasteiger partial charge is 0.225 e. The van der Waals surface area contributed by atoms with Crippen LogP contribution in [0.15, 0.2) is 12.4 Å². The summed E-state index contributed by atoms with van der Waals surface area (Å²) in [5, 5.41) is 16.1. The lowest BCUT2D eigenvalue weighted by atomic mass is 9.96. The highest BCUT2D eigenvalue weighted by Crippen LogP contribution is 2.32. The average Bonchev–Trinajstić information content (AvgIpc) is 3.36. The number of carbonyl (C=O) groups excluding carboxylic acids is 1. The largest absolute Gasteiger partial charge is 0.382 e. The molecule has 0 aromatic carbocycles. The highest BCUT2D eigenvalue weighted by atomic mass is 16.2. The number of rotatable bonds is 5. The summed E-state index contributed by atoms with van der Waals surface area (Å²) in [6.07, 6.45) is 6.85. The number of likely N-dealkylation sites (tertiary alicyclic amines) is 1. The van der Waals surface area contributed by atoms with Crippen LogP contribution < -0.4 is 5.32 Å². The standard InChI is InChI=1S/C17H24N6O/c1-2-14-9-15(16-20-19-11-23(16)21-14)18-10-12-5-7-22(8-6-12)17(24)13-3-4-13/h9,11-13,18H,2-8,10H2,1H3. The SMILES string of the molecule is CCc1cc(NCC2CCN(C(=O)C3CC3)CC2)c2nncn2n1. The van der Waals surface area contributed by atoms with Gasteiger partial charge >= 0.3 is 0 Å². The fraction of sp³-hybridized carbons (Fsp3) is 0.647. The number of aryl methyl sites for hydroxylation is 1.